The zero-order chi connectivity index (χ0) is 14.8. The highest BCUT2D eigenvalue weighted by Crippen LogP contribution is 2.38. The first-order chi connectivity index (χ1) is 9.43. The lowest BCUT2D eigenvalue weighted by atomic mass is 10.0. The minimum Gasteiger partial charge on any atom is -0.486 e. The predicted octanol–water partition coefficient (Wildman–Crippen LogP) is 2.00. The maximum absolute atomic E-state index is 12.2. The maximum atomic E-state index is 12.2. The number of aliphatic hydroxyl groups excluding tert-OH is 1. The fourth-order valence-electron chi connectivity index (χ4n) is 1.96. The molecule has 0 unspecified atom stereocenters. The number of rotatable bonds is 4. The highest BCUT2D eigenvalue weighted by atomic mass is 35.5. The molecular formula is C14H18ClNO4. The summed E-state index contributed by atoms with van der Waals surface area (Å²) in [6, 6.07) is 3.17. The maximum Gasteiger partial charge on any atom is 0.251 e. The van der Waals surface area contributed by atoms with E-state index in [1.54, 1.807) is 12.1 Å². The largest absolute Gasteiger partial charge is 0.486 e. The summed E-state index contributed by atoms with van der Waals surface area (Å²) in [6.07, 6.45) is 0.469. The van der Waals surface area contributed by atoms with Crippen molar-refractivity contribution in [1.29, 1.82) is 0 Å². The molecule has 5 nitrogen and oxygen atoms in total. The van der Waals surface area contributed by atoms with Gasteiger partial charge in [-0.1, -0.05) is 11.6 Å². The quantitative estimate of drug-likeness (QED) is 0.892. The van der Waals surface area contributed by atoms with Crippen molar-refractivity contribution in [3.63, 3.8) is 0 Å². The number of aliphatic hydroxyl groups is 1. The van der Waals surface area contributed by atoms with Gasteiger partial charge in [0.05, 0.1) is 5.02 Å². The van der Waals surface area contributed by atoms with E-state index in [1.165, 1.54) is 0 Å². The molecule has 0 atom stereocenters. The average Bonchev–Trinajstić information content (AvgIpc) is 2.38. The minimum absolute atomic E-state index is 0.00910. The SMILES string of the molecule is CC(C)(CCO)NC(=O)c1cc(Cl)c2c(c1)OCCO2. The molecule has 1 aromatic rings. The molecule has 1 amide bonds. The van der Waals surface area contributed by atoms with Crippen LogP contribution in [-0.4, -0.2) is 36.4 Å². The van der Waals surface area contributed by atoms with Crippen LogP contribution in [0.5, 0.6) is 11.5 Å². The van der Waals surface area contributed by atoms with Gasteiger partial charge in [-0.25, -0.2) is 0 Å². The number of halogens is 1. The Hall–Kier alpha value is -1.46. The van der Waals surface area contributed by atoms with Crippen molar-refractivity contribution in [3.8, 4) is 11.5 Å². The van der Waals surface area contributed by atoms with Gasteiger partial charge in [0.15, 0.2) is 11.5 Å². The van der Waals surface area contributed by atoms with Crippen LogP contribution in [0.2, 0.25) is 5.02 Å². The van der Waals surface area contributed by atoms with E-state index >= 15 is 0 Å². The van der Waals surface area contributed by atoms with Crippen LogP contribution in [0.3, 0.4) is 0 Å². The molecule has 2 rings (SSSR count). The third-order valence-corrected chi connectivity index (χ3v) is 3.33. The van der Waals surface area contributed by atoms with Crippen molar-refractivity contribution in [3.05, 3.63) is 22.7 Å². The van der Waals surface area contributed by atoms with Gasteiger partial charge in [0, 0.05) is 17.7 Å². The van der Waals surface area contributed by atoms with Crippen molar-refractivity contribution < 1.29 is 19.4 Å². The number of ether oxygens (including phenoxy) is 2. The third-order valence-electron chi connectivity index (χ3n) is 3.05. The van der Waals surface area contributed by atoms with E-state index in [-0.39, 0.29) is 12.5 Å². The van der Waals surface area contributed by atoms with Gasteiger partial charge >= 0.3 is 0 Å². The van der Waals surface area contributed by atoms with Crippen LogP contribution in [0, 0.1) is 0 Å². The molecule has 110 valence electrons. The molecular weight excluding hydrogens is 282 g/mol. The Labute approximate surface area is 122 Å². The van der Waals surface area contributed by atoms with Gasteiger partial charge in [-0.05, 0) is 32.4 Å². The molecule has 0 spiro atoms. The molecule has 1 aliphatic heterocycles. The minimum atomic E-state index is -0.494. The molecule has 1 heterocycles. The van der Waals surface area contributed by atoms with Gasteiger partial charge in [0.1, 0.15) is 13.2 Å². The number of nitrogens with one attached hydrogen (secondary N) is 1. The number of carbonyl (C=O) groups is 1. The van der Waals surface area contributed by atoms with Crippen LogP contribution in [0.25, 0.3) is 0 Å². The molecule has 0 saturated heterocycles. The van der Waals surface area contributed by atoms with Gasteiger partial charge in [0.2, 0.25) is 0 Å². The number of benzene rings is 1. The van der Waals surface area contributed by atoms with E-state index in [0.717, 1.165) is 0 Å². The van der Waals surface area contributed by atoms with Gasteiger partial charge in [-0.2, -0.15) is 0 Å². The Morgan fingerprint density at radius 1 is 1.40 bits per heavy atom. The molecule has 0 bridgehead atoms. The summed E-state index contributed by atoms with van der Waals surface area (Å²) in [6.45, 7) is 4.59. The zero-order valence-electron chi connectivity index (χ0n) is 11.5. The molecule has 0 aliphatic carbocycles. The highest BCUT2D eigenvalue weighted by molar-refractivity contribution is 6.32. The number of hydrogen-bond acceptors (Lipinski definition) is 4. The van der Waals surface area contributed by atoms with Crippen molar-refractivity contribution in [2.75, 3.05) is 19.8 Å². The molecule has 0 saturated carbocycles. The number of carbonyl (C=O) groups excluding carboxylic acids is 1. The molecule has 0 aromatic heterocycles. The first-order valence-electron chi connectivity index (χ1n) is 6.45. The van der Waals surface area contributed by atoms with Crippen LogP contribution in [-0.2, 0) is 0 Å². The fourth-order valence-corrected chi connectivity index (χ4v) is 2.23. The number of hydrogen-bond donors (Lipinski definition) is 2. The lowest BCUT2D eigenvalue weighted by Crippen LogP contribution is -2.44. The van der Waals surface area contributed by atoms with E-state index in [4.69, 9.17) is 26.2 Å². The van der Waals surface area contributed by atoms with Gasteiger partial charge in [-0.3, -0.25) is 4.79 Å². The summed E-state index contributed by atoms with van der Waals surface area (Å²) in [7, 11) is 0. The van der Waals surface area contributed by atoms with Crippen LogP contribution >= 0.6 is 11.6 Å². The van der Waals surface area contributed by atoms with Crippen molar-refractivity contribution in [1.82, 2.24) is 5.32 Å². The molecule has 0 radical (unpaired) electrons. The van der Waals surface area contributed by atoms with E-state index in [9.17, 15) is 4.79 Å². The Morgan fingerprint density at radius 2 is 2.10 bits per heavy atom. The molecule has 1 aromatic carbocycles. The monoisotopic (exact) mass is 299 g/mol. The Balaban J connectivity index is 2.20. The van der Waals surface area contributed by atoms with Crippen molar-refractivity contribution in [2.24, 2.45) is 0 Å². The lowest BCUT2D eigenvalue weighted by molar-refractivity contribution is 0.0898. The number of amides is 1. The Morgan fingerprint density at radius 3 is 2.80 bits per heavy atom. The molecule has 20 heavy (non-hydrogen) atoms. The van der Waals surface area contributed by atoms with E-state index in [0.29, 0.717) is 41.7 Å². The molecule has 6 heteroatoms. The summed E-state index contributed by atoms with van der Waals surface area (Å²) >= 11 is 6.10. The van der Waals surface area contributed by atoms with E-state index < -0.39 is 5.54 Å². The average molecular weight is 300 g/mol. The Bertz CT molecular complexity index is 516. The standard InChI is InChI=1S/C14H18ClNO4/c1-14(2,3-4-17)16-13(18)9-7-10(15)12-11(8-9)19-5-6-20-12/h7-8,17H,3-6H2,1-2H3,(H,16,18). The summed E-state index contributed by atoms with van der Waals surface area (Å²) in [5.74, 6) is 0.695. The summed E-state index contributed by atoms with van der Waals surface area (Å²) < 4.78 is 10.9. The van der Waals surface area contributed by atoms with Crippen LogP contribution in [0.15, 0.2) is 12.1 Å². The van der Waals surface area contributed by atoms with Crippen molar-refractivity contribution >= 4 is 17.5 Å². The smallest absolute Gasteiger partial charge is 0.251 e. The summed E-state index contributed by atoms with van der Waals surface area (Å²) in [4.78, 5) is 12.2. The highest BCUT2D eigenvalue weighted by Gasteiger charge is 2.23. The van der Waals surface area contributed by atoms with Gasteiger partial charge < -0.3 is 19.9 Å². The zero-order valence-corrected chi connectivity index (χ0v) is 12.3. The normalized spacial score (nSPS) is 14.0. The van der Waals surface area contributed by atoms with E-state index in [2.05, 4.69) is 5.32 Å². The summed E-state index contributed by atoms with van der Waals surface area (Å²) in [5, 5.41) is 12.2. The lowest BCUT2D eigenvalue weighted by Gasteiger charge is -2.26. The van der Waals surface area contributed by atoms with Crippen LogP contribution in [0.1, 0.15) is 30.6 Å². The fraction of sp³-hybridized carbons (Fsp3) is 0.500. The predicted molar refractivity (Wildman–Crippen MR) is 75.7 cm³/mol. The second-order valence-electron chi connectivity index (χ2n) is 5.29. The van der Waals surface area contributed by atoms with Crippen molar-refractivity contribution in [2.45, 2.75) is 25.8 Å². The first kappa shape index (κ1) is 14.9. The third kappa shape index (κ3) is 3.35. The molecule has 0 fully saturated rings. The van der Waals surface area contributed by atoms with Gasteiger partial charge in [0.25, 0.3) is 5.91 Å². The van der Waals surface area contributed by atoms with Crippen LogP contribution < -0.4 is 14.8 Å². The molecule has 1 aliphatic rings. The first-order valence-corrected chi connectivity index (χ1v) is 6.83. The topological polar surface area (TPSA) is 67.8 Å². The van der Waals surface area contributed by atoms with Crippen LogP contribution in [0.4, 0.5) is 0 Å². The Kier molecular flexibility index (Phi) is 4.40. The van der Waals surface area contributed by atoms with E-state index in [1.807, 2.05) is 13.8 Å². The molecule has 2 N–H and O–H groups in total. The summed E-state index contributed by atoms with van der Waals surface area (Å²) in [5.41, 5.74) is -0.0868. The number of fused-ring (bicyclic) bond motifs is 1. The second kappa shape index (κ2) is 5.89. The second-order valence-corrected chi connectivity index (χ2v) is 5.70. The van der Waals surface area contributed by atoms with Gasteiger partial charge in [-0.15, -0.1) is 0 Å².